The van der Waals surface area contributed by atoms with Gasteiger partial charge in [0, 0.05) is 25.4 Å². The molecular weight excluding hydrogens is 442 g/mol. The molecule has 1 heterocycles. The first kappa shape index (κ1) is 22.5. The van der Waals surface area contributed by atoms with Gasteiger partial charge in [-0.3, -0.25) is 4.79 Å². The lowest BCUT2D eigenvalue weighted by atomic mass is 10.3. The Bertz CT molecular complexity index is 1130. The molecule has 0 aliphatic rings. The number of benzene rings is 2. The number of anilines is 1. The maximum Gasteiger partial charge on any atom is 0.242 e. The van der Waals surface area contributed by atoms with E-state index < -0.39 is 10.0 Å². The lowest BCUT2D eigenvalue weighted by molar-refractivity contribution is -0.116. The minimum Gasteiger partial charge on any atom is -0.497 e. The lowest BCUT2D eigenvalue weighted by Crippen LogP contribution is -2.22. The number of amides is 1. The van der Waals surface area contributed by atoms with E-state index in [4.69, 9.17) is 4.74 Å². The molecular formula is C20H23N3O4S3. The number of nitrogens with one attached hydrogen (secondary N) is 1. The molecule has 1 amide bonds. The van der Waals surface area contributed by atoms with Crippen molar-refractivity contribution in [2.75, 3.05) is 32.3 Å². The molecule has 0 unspecified atom stereocenters. The molecule has 7 nitrogen and oxygen atoms in total. The molecule has 10 heteroatoms. The van der Waals surface area contributed by atoms with E-state index in [1.54, 1.807) is 31.0 Å². The fourth-order valence-electron chi connectivity index (χ4n) is 2.61. The van der Waals surface area contributed by atoms with Gasteiger partial charge in [0.1, 0.15) is 5.75 Å². The Balaban J connectivity index is 1.53. The zero-order valence-electron chi connectivity index (χ0n) is 16.9. The lowest BCUT2D eigenvalue weighted by Gasteiger charge is -2.10. The van der Waals surface area contributed by atoms with Crippen LogP contribution in [0.1, 0.15) is 12.8 Å². The van der Waals surface area contributed by atoms with E-state index >= 15 is 0 Å². The van der Waals surface area contributed by atoms with Gasteiger partial charge in [-0.1, -0.05) is 11.3 Å². The number of methoxy groups -OCH3 is 1. The van der Waals surface area contributed by atoms with Crippen LogP contribution in [0.2, 0.25) is 0 Å². The standard InChI is InChI=1S/C20H23N3O4S3/c1-23(2)30(25,26)16-10-11-17-18(13-16)29-20(21-17)22-19(24)5-4-12-28-15-8-6-14(27-3)7-9-15/h6-11,13H,4-5,12H2,1-3H3,(H,21,22,24). The number of carbonyl (C=O) groups excluding carboxylic acids is 1. The molecule has 0 radical (unpaired) electrons. The molecule has 1 aromatic heterocycles. The number of hydrogen-bond donors (Lipinski definition) is 1. The summed E-state index contributed by atoms with van der Waals surface area (Å²) in [6.07, 6.45) is 1.12. The van der Waals surface area contributed by atoms with Gasteiger partial charge in [-0.2, -0.15) is 0 Å². The minimum atomic E-state index is -3.51. The van der Waals surface area contributed by atoms with E-state index in [0.717, 1.165) is 22.8 Å². The third-order valence-electron chi connectivity index (χ3n) is 4.26. The average Bonchev–Trinajstić information content (AvgIpc) is 3.12. The highest BCUT2D eigenvalue weighted by Gasteiger charge is 2.18. The van der Waals surface area contributed by atoms with Crippen LogP contribution in [0, 0.1) is 0 Å². The van der Waals surface area contributed by atoms with Gasteiger partial charge in [-0.15, -0.1) is 11.8 Å². The first-order valence-corrected chi connectivity index (χ1v) is 12.4. The van der Waals surface area contributed by atoms with Crippen molar-refractivity contribution in [1.82, 2.24) is 9.29 Å². The molecule has 0 saturated carbocycles. The summed E-state index contributed by atoms with van der Waals surface area (Å²) >= 11 is 2.95. The third-order valence-corrected chi connectivity index (χ3v) is 8.10. The topological polar surface area (TPSA) is 88.6 Å². The number of nitrogens with zero attached hydrogens (tertiary/aromatic N) is 2. The number of carbonyl (C=O) groups is 1. The summed E-state index contributed by atoms with van der Waals surface area (Å²) < 4.78 is 31.6. The van der Waals surface area contributed by atoms with Crippen molar-refractivity contribution in [2.45, 2.75) is 22.6 Å². The van der Waals surface area contributed by atoms with Crippen LogP contribution in [-0.2, 0) is 14.8 Å². The van der Waals surface area contributed by atoms with Crippen molar-refractivity contribution in [1.29, 1.82) is 0 Å². The summed E-state index contributed by atoms with van der Waals surface area (Å²) in [5.41, 5.74) is 0.656. The van der Waals surface area contributed by atoms with E-state index in [9.17, 15) is 13.2 Å². The average molecular weight is 466 g/mol. The summed E-state index contributed by atoms with van der Waals surface area (Å²) in [7, 11) is 1.11. The number of rotatable bonds is 9. The molecule has 2 aromatic carbocycles. The Kier molecular flexibility index (Phi) is 7.35. The predicted molar refractivity (Wildman–Crippen MR) is 122 cm³/mol. The first-order valence-electron chi connectivity index (χ1n) is 9.19. The fraction of sp³-hybridized carbons (Fsp3) is 0.300. The maximum atomic E-state index is 12.3. The summed E-state index contributed by atoms with van der Waals surface area (Å²) in [6.45, 7) is 0. The van der Waals surface area contributed by atoms with Gasteiger partial charge in [-0.25, -0.2) is 17.7 Å². The molecule has 30 heavy (non-hydrogen) atoms. The second-order valence-electron chi connectivity index (χ2n) is 6.61. The summed E-state index contributed by atoms with van der Waals surface area (Å²) in [4.78, 5) is 17.9. The van der Waals surface area contributed by atoms with E-state index in [2.05, 4.69) is 10.3 Å². The van der Waals surface area contributed by atoms with E-state index in [0.29, 0.717) is 21.8 Å². The number of hydrogen-bond acceptors (Lipinski definition) is 7. The van der Waals surface area contributed by atoms with Crippen LogP contribution in [0.25, 0.3) is 10.2 Å². The molecule has 0 fully saturated rings. The van der Waals surface area contributed by atoms with Gasteiger partial charge >= 0.3 is 0 Å². The monoisotopic (exact) mass is 465 g/mol. The normalized spacial score (nSPS) is 11.7. The largest absolute Gasteiger partial charge is 0.497 e. The Hall–Kier alpha value is -2.14. The number of sulfonamides is 1. The van der Waals surface area contributed by atoms with Crippen LogP contribution < -0.4 is 10.1 Å². The Morgan fingerprint density at radius 1 is 1.20 bits per heavy atom. The van der Waals surface area contributed by atoms with Crippen molar-refractivity contribution in [3.8, 4) is 5.75 Å². The molecule has 3 rings (SSSR count). The summed E-state index contributed by atoms with van der Waals surface area (Å²) in [6, 6.07) is 12.6. The number of thiazole rings is 1. The predicted octanol–water partition coefficient (Wildman–Crippen LogP) is 4.07. The zero-order valence-corrected chi connectivity index (χ0v) is 19.4. The van der Waals surface area contributed by atoms with Crippen LogP contribution in [0.3, 0.4) is 0 Å². The number of thioether (sulfide) groups is 1. The van der Waals surface area contributed by atoms with E-state index in [1.807, 2.05) is 24.3 Å². The quantitative estimate of drug-likeness (QED) is 0.379. The van der Waals surface area contributed by atoms with Crippen LogP contribution in [-0.4, -0.2) is 50.6 Å². The van der Waals surface area contributed by atoms with Crippen LogP contribution in [0.15, 0.2) is 52.3 Å². The first-order chi connectivity index (χ1) is 14.3. The van der Waals surface area contributed by atoms with Crippen molar-refractivity contribution >= 4 is 54.4 Å². The Morgan fingerprint density at radius 3 is 2.60 bits per heavy atom. The Labute approximate surface area is 184 Å². The highest BCUT2D eigenvalue weighted by Crippen LogP contribution is 2.29. The molecule has 0 bridgehead atoms. The molecule has 0 saturated heterocycles. The van der Waals surface area contributed by atoms with Crippen molar-refractivity contribution < 1.29 is 17.9 Å². The molecule has 0 spiro atoms. The van der Waals surface area contributed by atoms with Crippen molar-refractivity contribution in [3.05, 3.63) is 42.5 Å². The van der Waals surface area contributed by atoms with Crippen molar-refractivity contribution in [3.63, 3.8) is 0 Å². The van der Waals surface area contributed by atoms with Gasteiger partial charge in [0.05, 0.1) is 22.2 Å². The second kappa shape index (κ2) is 9.78. The number of fused-ring (bicyclic) bond motifs is 1. The van der Waals surface area contributed by atoms with Gasteiger partial charge in [-0.05, 0) is 54.6 Å². The third kappa shape index (κ3) is 5.51. The fourth-order valence-corrected chi connectivity index (χ4v) is 5.38. The van der Waals surface area contributed by atoms with Crippen LogP contribution >= 0.6 is 23.1 Å². The Morgan fingerprint density at radius 2 is 1.93 bits per heavy atom. The minimum absolute atomic E-state index is 0.106. The number of aromatic nitrogens is 1. The number of ether oxygens (including phenoxy) is 1. The SMILES string of the molecule is COc1ccc(SCCCC(=O)Nc2nc3ccc(S(=O)(=O)N(C)C)cc3s2)cc1. The van der Waals surface area contributed by atoms with Crippen molar-refractivity contribution in [2.24, 2.45) is 0 Å². The molecule has 160 valence electrons. The molecule has 0 aliphatic carbocycles. The summed E-state index contributed by atoms with van der Waals surface area (Å²) in [5.74, 6) is 1.54. The van der Waals surface area contributed by atoms with E-state index in [1.165, 1.54) is 35.8 Å². The smallest absolute Gasteiger partial charge is 0.242 e. The molecule has 3 aromatic rings. The molecule has 0 atom stereocenters. The van der Waals surface area contributed by atoms with Crippen LogP contribution in [0.5, 0.6) is 5.75 Å². The van der Waals surface area contributed by atoms with Gasteiger partial charge in [0.15, 0.2) is 5.13 Å². The highest BCUT2D eigenvalue weighted by molar-refractivity contribution is 7.99. The molecule has 0 aliphatic heterocycles. The van der Waals surface area contributed by atoms with E-state index in [-0.39, 0.29) is 10.8 Å². The highest BCUT2D eigenvalue weighted by atomic mass is 32.2. The zero-order chi connectivity index (χ0) is 21.7. The second-order valence-corrected chi connectivity index (χ2v) is 11.0. The summed E-state index contributed by atoms with van der Waals surface area (Å²) in [5, 5.41) is 3.28. The maximum absolute atomic E-state index is 12.3. The van der Waals surface area contributed by atoms with Gasteiger partial charge in [0.2, 0.25) is 15.9 Å². The molecule has 1 N–H and O–H groups in total. The van der Waals surface area contributed by atoms with Gasteiger partial charge < -0.3 is 10.1 Å². The van der Waals surface area contributed by atoms with Crippen LogP contribution in [0.4, 0.5) is 5.13 Å². The van der Waals surface area contributed by atoms with Gasteiger partial charge in [0.25, 0.3) is 0 Å².